The van der Waals surface area contributed by atoms with Crippen molar-refractivity contribution in [3.63, 3.8) is 0 Å². The highest BCUT2D eigenvalue weighted by atomic mass is 32.2. The Morgan fingerprint density at radius 3 is 2.41 bits per heavy atom. The summed E-state index contributed by atoms with van der Waals surface area (Å²) in [5, 5.41) is 9.07. The van der Waals surface area contributed by atoms with Gasteiger partial charge in [-0.1, -0.05) is 6.92 Å². The number of aliphatic hydroxyl groups excluding tert-OH is 1. The van der Waals surface area contributed by atoms with Crippen LogP contribution in [0.25, 0.3) is 0 Å². The lowest BCUT2D eigenvalue weighted by Gasteiger charge is -2.14. The van der Waals surface area contributed by atoms with Crippen molar-refractivity contribution in [1.82, 2.24) is 9.97 Å². The van der Waals surface area contributed by atoms with Gasteiger partial charge in [-0.25, -0.2) is 9.97 Å². The Morgan fingerprint density at radius 1 is 1.35 bits per heavy atom. The van der Waals surface area contributed by atoms with Crippen LogP contribution in [0.1, 0.15) is 19.7 Å². The number of aliphatic hydroxyl groups is 1. The molecule has 0 saturated heterocycles. The number of hydrogen-bond acceptors (Lipinski definition) is 5. The minimum Gasteiger partial charge on any atom is -0.392 e. The summed E-state index contributed by atoms with van der Waals surface area (Å²) in [6, 6.07) is 1.25. The van der Waals surface area contributed by atoms with Crippen molar-refractivity contribution in [1.29, 1.82) is 0 Å². The zero-order chi connectivity index (χ0) is 13.2. The van der Waals surface area contributed by atoms with Gasteiger partial charge in [0.1, 0.15) is 10.8 Å². The molecule has 1 heterocycles. The van der Waals surface area contributed by atoms with Crippen molar-refractivity contribution in [2.45, 2.75) is 36.4 Å². The van der Waals surface area contributed by atoms with Gasteiger partial charge in [-0.3, -0.25) is 0 Å². The van der Waals surface area contributed by atoms with Crippen LogP contribution in [0.15, 0.2) is 11.1 Å². The monoisotopic (exact) mass is 267 g/mol. The summed E-state index contributed by atoms with van der Waals surface area (Å²) in [7, 11) is 0. The Morgan fingerprint density at radius 2 is 1.94 bits per heavy atom. The van der Waals surface area contributed by atoms with Crippen molar-refractivity contribution < 1.29 is 18.3 Å². The number of alkyl halides is 3. The Kier molecular flexibility index (Phi) is 4.21. The van der Waals surface area contributed by atoms with Crippen LogP contribution in [0.4, 0.5) is 19.0 Å². The molecule has 96 valence electrons. The average molecular weight is 267 g/mol. The molecule has 3 N–H and O–H groups in total. The van der Waals surface area contributed by atoms with Gasteiger partial charge in [0.05, 0.1) is 6.10 Å². The SMILES string of the molecule is CC(O)C(C)Sc1cc(N)nc(C(F)(F)F)n1. The van der Waals surface area contributed by atoms with Crippen LogP contribution in [-0.4, -0.2) is 26.4 Å². The molecule has 2 atom stereocenters. The van der Waals surface area contributed by atoms with Crippen LogP contribution in [0, 0.1) is 0 Å². The lowest BCUT2D eigenvalue weighted by atomic mass is 10.3. The quantitative estimate of drug-likeness (QED) is 0.647. The van der Waals surface area contributed by atoms with Gasteiger partial charge < -0.3 is 10.8 Å². The van der Waals surface area contributed by atoms with E-state index in [-0.39, 0.29) is 16.1 Å². The molecule has 1 aromatic heterocycles. The molecule has 0 aliphatic carbocycles. The summed E-state index contributed by atoms with van der Waals surface area (Å²) >= 11 is 1.01. The largest absolute Gasteiger partial charge is 0.451 e. The fraction of sp³-hybridized carbons (Fsp3) is 0.556. The Bertz CT molecular complexity index is 398. The first-order valence-corrected chi connectivity index (χ1v) is 5.64. The molecule has 0 bridgehead atoms. The molecule has 0 amide bonds. The van der Waals surface area contributed by atoms with E-state index >= 15 is 0 Å². The number of aromatic nitrogens is 2. The molecule has 8 heteroatoms. The van der Waals surface area contributed by atoms with E-state index < -0.39 is 18.1 Å². The van der Waals surface area contributed by atoms with Crippen LogP contribution < -0.4 is 5.73 Å². The third-order valence-electron chi connectivity index (χ3n) is 1.96. The van der Waals surface area contributed by atoms with E-state index in [4.69, 9.17) is 5.73 Å². The zero-order valence-electron chi connectivity index (χ0n) is 9.19. The lowest BCUT2D eigenvalue weighted by molar-refractivity contribution is -0.145. The first kappa shape index (κ1) is 14.0. The van der Waals surface area contributed by atoms with Crippen LogP contribution in [0.5, 0.6) is 0 Å². The number of halogens is 3. The number of nitrogens with zero attached hydrogens (tertiary/aromatic N) is 2. The fourth-order valence-electron chi connectivity index (χ4n) is 0.919. The number of nitrogen functional groups attached to an aromatic ring is 1. The summed E-state index contributed by atoms with van der Waals surface area (Å²) in [5.74, 6) is -1.51. The fourth-order valence-corrected chi connectivity index (χ4v) is 1.82. The van der Waals surface area contributed by atoms with Gasteiger partial charge in [-0.2, -0.15) is 13.2 Å². The van der Waals surface area contributed by atoms with Crippen LogP contribution in [-0.2, 0) is 6.18 Å². The Balaban J connectivity index is 2.98. The summed E-state index contributed by atoms with van der Waals surface area (Å²) in [6.45, 7) is 3.23. The number of rotatable bonds is 3. The molecular formula is C9H12F3N3OS. The summed E-state index contributed by atoms with van der Waals surface area (Å²) in [5.41, 5.74) is 5.28. The molecule has 1 rings (SSSR count). The maximum absolute atomic E-state index is 12.4. The second kappa shape index (κ2) is 5.09. The number of hydrogen-bond donors (Lipinski definition) is 2. The van der Waals surface area contributed by atoms with Gasteiger partial charge >= 0.3 is 6.18 Å². The lowest BCUT2D eigenvalue weighted by Crippen LogP contribution is -2.17. The molecule has 0 fully saturated rings. The summed E-state index contributed by atoms with van der Waals surface area (Å²) < 4.78 is 37.2. The molecule has 0 aromatic carbocycles. The molecule has 0 radical (unpaired) electrons. The van der Waals surface area contributed by atoms with E-state index in [2.05, 4.69) is 9.97 Å². The minimum atomic E-state index is -4.63. The van der Waals surface area contributed by atoms with E-state index in [1.807, 2.05) is 0 Å². The maximum Gasteiger partial charge on any atom is 0.451 e. The molecule has 17 heavy (non-hydrogen) atoms. The number of thioether (sulfide) groups is 1. The third kappa shape index (κ3) is 4.04. The van der Waals surface area contributed by atoms with Crippen molar-refractivity contribution in [3.05, 3.63) is 11.9 Å². The second-order valence-electron chi connectivity index (χ2n) is 3.52. The van der Waals surface area contributed by atoms with Gasteiger partial charge in [0.15, 0.2) is 0 Å². The van der Waals surface area contributed by atoms with Crippen molar-refractivity contribution >= 4 is 17.6 Å². The van der Waals surface area contributed by atoms with Gasteiger partial charge in [0.25, 0.3) is 0 Å². The molecule has 0 aliphatic rings. The first-order chi connectivity index (χ1) is 7.70. The normalized spacial score (nSPS) is 15.6. The van der Waals surface area contributed by atoms with Gasteiger partial charge in [0.2, 0.25) is 5.82 Å². The van der Waals surface area contributed by atoms with Crippen molar-refractivity contribution in [2.75, 3.05) is 5.73 Å². The van der Waals surface area contributed by atoms with E-state index in [1.54, 1.807) is 13.8 Å². The highest BCUT2D eigenvalue weighted by molar-refractivity contribution is 7.99. The molecule has 1 aromatic rings. The second-order valence-corrected chi connectivity index (χ2v) is 4.91. The average Bonchev–Trinajstić information content (AvgIpc) is 2.15. The maximum atomic E-state index is 12.4. The highest BCUT2D eigenvalue weighted by Gasteiger charge is 2.35. The summed E-state index contributed by atoms with van der Waals surface area (Å²) in [4.78, 5) is 6.49. The molecular weight excluding hydrogens is 255 g/mol. The van der Waals surface area contributed by atoms with Crippen LogP contribution in [0.3, 0.4) is 0 Å². The van der Waals surface area contributed by atoms with E-state index in [1.165, 1.54) is 6.07 Å². The Hall–Kier alpha value is -1.02. The zero-order valence-corrected chi connectivity index (χ0v) is 10.0. The van der Waals surface area contributed by atoms with Crippen molar-refractivity contribution in [2.24, 2.45) is 0 Å². The molecule has 0 spiro atoms. The van der Waals surface area contributed by atoms with Crippen LogP contribution >= 0.6 is 11.8 Å². The van der Waals surface area contributed by atoms with Gasteiger partial charge in [-0.05, 0) is 6.92 Å². The molecule has 2 unspecified atom stereocenters. The predicted molar refractivity (Wildman–Crippen MR) is 58.4 cm³/mol. The summed E-state index contributed by atoms with van der Waals surface area (Å²) in [6.07, 6.45) is -5.29. The Labute approximate surface area is 100 Å². The standard InChI is InChI=1S/C9H12F3N3OS/c1-4(16)5(2)17-7-3-6(13)14-8(15-7)9(10,11)12/h3-5,16H,1-2H3,(H2,13,14,15). The van der Waals surface area contributed by atoms with Crippen LogP contribution in [0.2, 0.25) is 0 Å². The smallest absolute Gasteiger partial charge is 0.392 e. The molecule has 0 saturated carbocycles. The molecule has 4 nitrogen and oxygen atoms in total. The predicted octanol–water partition coefficient (Wildman–Crippen LogP) is 1.94. The topological polar surface area (TPSA) is 72.0 Å². The molecule has 0 aliphatic heterocycles. The van der Waals surface area contributed by atoms with E-state index in [0.717, 1.165) is 11.8 Å². The van der Waals surface area contributed by atoms with Gasteiger partial charge in [-0.15, -0.1) is 11.8 Å². The highest BCUT2D eigenvalue weighted by Crippen LogP contribution is 2.30. The number of nitrogens with two attached hydrogens (primary N) is 1. The van der Waals surface area contributed by atoms with Crippen molar-refractivity contribution in [3.8, 4) is 0 Å². The third-order valence-corrected chi connectivity index (χ3v) is 3.18. The minimum absolute atomic E-state index is 0.0956. The number of anilines is 1. The van der Waals surface area contributed by atoms with E-state index in [0.29, 0.717) is 0 Å². The van der Waals surface area contributed by atoms with E-state index in [9.17, 15) is 18.3 Å². The first-order valence-electron chi connectivity index (χ1n) is 4.76. The van der Waals surface area contributed by atoms with Gasteiger partial charge in [0, 0.05) is 11.3 Å².